The zero-order chi connectivity index (χ0) is 12.3. The first-order chi connectivity index (χ1) is 8.19. The van der Waals surface area contributed by atoms with Crippen molar-refractivity contribution in [3.63, 3.8) is 0 Å². The average molecular weight is 297 g/mol. The number of rotatable bonds is 3. The standard InChI is InChI=1S/C14H17BrO2/c1-17-14-7-4-12(15)9-11(14)8-10-2-5-13(16)6-3-10/h4,7,9-10H,2-3,5-6,8H2,1H3. The molecule has 0 unspecified atom stereocenters. The van der Waals surface area contributed by atoms with Gasteiger partial charge >= 0.3 is 0 Å². The quantitative estimate of drug-likeness (QED) is 0.849. The number of benzene rings is 1. The molecule has 1 aromatic rings. The Morgan fingerprint density at radius 3 is 2.71 bits per heavy atom. The molecule has 1 aromatic carbocycles. The fourth-order valence-corrected chi connectivity index (χ4v) is 2.83. The predicted octanol–water partition coefficient (Wildman–Crippen LogP) is 3.76. The molecule has 2 rings (SSSR count). The van der Waals surface area contributed by atoms with Crippen LogP contribution < -0.4 is 4.74 Å². The second-order valence-corrected chi connectivity index (χ2v) is 5.56. The maximum absolute atomic E-state index is 11.2. The van der Waals surface area contributed by atoms with Crippen molar-refractivity contribution in [2.45, 2.75) is 32.1 Å². The van der Waals surface area contributed by atoms with Crippen molar-refractivity contribution in [2.24, 2.45) is 5.92 Å². The van der Waals surface area contributed by atoms with E-state index in [1.165, 1.54) is 5.56 Å². The number of methoxy groups -OCH3 is 1. The van der Waals surface area contributed by atoms with Gasteiger partial charge in [-0.05, 0) is 48.9 Å². The van der Waals surface area contributed by atoms with Crippen molar-refractivity contribution < 1.29 is 9.53 Å². The maximum atomic E-state index is 11.2. The van der Waals surface area contributed by atoms with E-state index >= 15 is 0 Å². The van der Waals surface area contributed by atoms with Gasteiger partial charge in [0.15, 0.2) is 0 Å². The van der Waals surface area contributed by atoms with Crippen LogP contribution in [0.3, 0.4) is 0 Å². The largest absolute Gasteiger partial charge is 0.496 e. The fraction of sp³-hybridized carbons (Fsp3) is 0.500. The molecule has 2 nitrogen and oxygen atoms in total. The molecule has 0 N–H and O–H groups in total. The number of ketones is 1. The summed E-state index contributed by atoms with van der Waals surface area (Å²) in [6.45, 7) is 0. The minimum Gasteiger partial charge on any atom is -0.496 e. The second-order valence-electron chi connectivity index (χ2n) is 4.64. The number of Topliss-reactive ketones (excluding diaryl/α,β-unsaturated/α-hetero) is 1. The molecule has 0 bridgehead atoms. The zero-order valence-corrected chi connectivity index (χ0v) is 11.6. The van der Waals surface area contributed by atoms with Crippen LogP contribution in [0.5, 0.6) is 5.75 Å². The highest BCUT2D eigenvalue weighted by Crippen LogP contribution is 2.30. The molecule has 92 valence electrons. The number of halogens is 1. The lowest BCUT2D eigenvalue weighted by molar-refractivity contribution is -0.120. The van der Waals surface area contributed by atoms with Gasteiger partial charge in [0.25, 0.3) is 0 Å². The third-order valence-corrected chi connectivity index (χ3v) is 3.91. The lowest BCUT2D eigenvalue weighted by Crippen LogP contribution is -2.16. The predicted molar refractivity (Wildman–Crippen MR) is 71.4 cm³/mol. The van der Waals surface area contributed by atoms with E-state index in [1.54, 1.807) is 7.11 Å². The number of carbonyl (C=O) groups is 1. The van der Waals surface area contributed by atoms with Crippen LogP contribution in [0.15, 0.2) is 22.7 Å². The molecule has 0 radical (unpaired) electrons. The van der Waals surface area contributed by atoms with Gasteiger partial charge in [0.05, 0.1) is 7.11 Å². The minimum absolute atomic E-state index is 0.419. The Kier molecular flexibility index (Phi) is 4.21. The Labute approximate surface area is 110 Å². The van der Waals surface area contributed by atoms with Crippen LogP contribution in [0.4, 0.5) is 0 Å². The molecule has 0 aliphatic heterocycles. The highest BCUT2D eigenvalue weighted by Gasteiger charge is 2.20. The van der Waals surface area contributed by atoms with Crippen molar-refractivity contribution in [1.82, 2.24) is 0 Å². The Morgan fingerprint density at radius 1 is 1.35 bits per heavy atom. The van der Waals surface area contributed by atoms with Crippen LogP contribution in [0.2, 0.25) is 0 Å². The first kappa shape index (κ1) is 12.6. The third kappa shape index (κ3) is 3.32. The van der Waals surface area contributed by atoms with Gasteiger partial charge in [-0.25, -0.2) is 0 Å². The molecule has 1 aliphatic rings. The summed E-state index contributed by atoms with van der Waals surface area (Å²) in [4.78, 5) is 11.2. The van der Waals surface area contributed by atoms with Crippen LogP contribution in [0.25, 0.3) is 0 Å². The molecular formula is C14H17BrO2. The van der Waals surface area contributed by atoms with Crippen molar-refractivity contribution in [3.8, 4) is 5.75 Å². The molecule has 0 aromatic heterocycles. The molecule has 0 spiro atoms. The van der Waals surface area contributed by atoms with Crippen LogP contribution in [-0.4, -0.2) is 12.9 Å². The van der Waals surface area contributed by atoms with Gasteiger partial charge in [0, 0.05) is 17.3 Å². The Morgan fingerprint density at radius 2 is 2.06 bits per heavy atom. The van der Waals surface area contributed by atoms with Crippen LogP contribution in [-0.2, 0) is 11.2 Å². The fourth-order valence-electron chi connectivity index (χ4n) is 2.42. The molecule has 1 aliphatic carbocycles. The van der Waals surface area contributed by atoms with Crippen LogP contribution in [0, 0.1) is 5.92 Å². The molecule has 17 heavy (non-hydrogen) atoms. The second kappa shape index (κ2) is 5.67. The topological polar surface area (TPSA) is 26.3 Å². The van der Waals surface area contributed by atoms with E-state index < -0.39 is 0 Å². The Bertz CT molecular complexity index is 405. The van der Waals surface area contributed by atoms with Gasteiger partial charge in [-0.1, -0.05) is 15.9 Å². The molecule has 0 saturated heterocycles. The van der Waals surface area contributed by atoms with E-state index in [0.29, 0.717) is 11.7 Å². The normalized spacial score (nSPS) is 17.2. The van der Waals surface area contributed by atoms with Crippen molar-refractivity contribution in [3.05, 3.63) is 28.2 Å². The van der Waals surface area contributed by atoms with E-state index in [9.17, 15) is 4.79 Å². The Hall–Kier alpha value is -0.830. The summed E-state index contributed by atoms with van der Waals surface area (Å²) in [7, 11) is 1.71. The van der Waals surface area contributed by atoms with E-state index in [0.717, 1.165) is 42.3 Å². The third-order valence-electron chi connectivity index (χ3n) is 3.41. The number of hydrogen-bond donors (Lipinski definition) is 0. The smallest absolute Gasteiger partial charge is 0.132 e. The molecular weight excluding hydrogens is 280 g/mol. The number of hydrogen-bond acceptors (Lipinski definition) is 2. The van der Waals surface area contributed by atoms with Crippen molar-refractivity contribution >= 4 is 21.7 Å². The van der Waals surface area contributed by atoms with Crippen LogP contribution in [0.1, 0.15) is 31.2 Å². The van der Waals surface area contributed by atoms with E-state index in [2.05, 4.69) is 22.0 Å². The lowest BCUT2D eigenvalue weighted by Gasteiger charge is -2.21. The van der Waals surface area contributed by atoms with Crippen molar-refractivity contribution in [1.29, 1.82) is 0 Å². The first-order valence-corrected chi connectivity index (χ1v) is 6.82. The summed E-state index contributed by atoms with van der Waals surface area (Å²) in [5.41, 5.74) is 1.24. The van der Waals surface area contributed by atoms with Crippen LogP contribution >= 0.6 is 15.9 Å². The molecule has 0 heterocycles. The highest BCUT2D eigenvalue weighted by molar-refractivity contribution is 9.10. The van der Waals surface area contributed by atoms with Gasteiger partial charge in [-0.15, -0.1) is 0 Å². The maximum Gasteiger partial charge on any atom is 0.132 e. The van der Waals surface area contributed by atoms with E-state index in [1.807, 2.05) is 12.1 Å². The lowest BCUT2D eigenvalue weighted by atomic mass is 9.84. The summed E-state index contributed by atoms with van der Waals surface area (Å²) in [5.74, 6) is 1.99. The van der Waals surface area contributed by atoms with E-state index in [4.69, 9.17) is 4.74 Å². The monoisotopic (exact) mass is 296 g/mol. The summed E-state index contributed by atoms with van der Waals surface area (Å²) in [6, 6.07) is 6.11. The number of ether oxygens (including phenoxy) is 1. The number of carbonyl (C=O) groups excluding carboxylic acids is 1. The van der Waals surface area contributed by atoms with Gasteiger partial charge in [-0.2, -0.15) is 0 Å². The van der Waals surface area contributed by atoms with Gasteiger partial charge in [-0.3, -0.25) is 4.79 Å². The van der Waals surface area contributed by atoms with Crippen molar-refractivity contribution in [2.75, 3.05) is 7.11 Å². The summed E-state index contributed by atoms with van der Waals surface area (Å²) < 4.78 is 6.46. The SMILES string of the molecule is COc1ccc(Br)cc1CC1CCC(=O)CC1. The van der Waals surface area contributed by atoms with Gasteiger partial charge in [0.1, 0.15) is 11.5 Å². The summed E-state index contributed by atoms with van der Waals surface area (Å²) in [6.07, 6.45) is 4.56. The Balaban J connectivity index is 2.07. The zero-order valence-electron chi connectivity index (χ0n) is 10.0. The average Bonchev–Trinajstić information content (AvgIpc) is 2.32. The highest BCUT2D eigenvalue weighted by atomic mass is 79.9. The minimum atomic E-state index is 0.419. The molecule has 1 saturated carbocycles. The molecule has 0 atom stereocenters. The molecule has 0 amide bonds. The molecule has 3 heteroatoms. The van der Waals surface area contributed by atoms with E-state index in [-0.39, 0.29) is 0 Å². The van der Waals surface area contributed by atoms with Gasteiger partial charge in [0.2, 0.25) is 0 Å². The summed E-state index contributed by atoms with van der Waals surface area (Å²) in [5, 5.41) is 0. The molecule has 1 fully saturated rings. The van der Waals surface area contributed by atoms with Gasteiger partial charge < -0.3 is 4.74 Å². The first-order valence-electron chi connectivity index (χ1n) is 6.03. The summed E-state index contributed by atoms with van der Waals surface area (Å²) >= 11 is 3.49.